The Hall–Kier alpha value is -8.40. The van der Waals surface area contributed by atoms with E-state index in [2.05, 4.69) is 117 Å². The number of nitriles is 1. The van der Waals surface area contributed by atoms with Crippen LogP contribution in [0.1, 0.15) is 5.56 Å². The second kappa shape index (κ2) is 12.6. The maximum atomic E-state index is 18.6. The molecule has 5 nitrogen and oxygen atoms in total. The first kappa shape index (κ1) is 33.6. The summed E-state index contributed by atoms with van der Waals surface area (Å²) in [6.45, 7) is 0. The van der Waals surface area contributed by atoms with Crippen molar-refractivity contribution in [3.8, 4) is 50.6 Å². The van der Waals surface area contributed by atoms with Crippen LogP contribution >= 0.6 is 0 Å². The summed E-state index contributed by atoms with van der Waals surface area (Å²) in [5.74, 6) is -0.454. The van der Waals surface area contributed by atoms with Gasteiger partial charge in [0.15, 0.2) is 0 Å². The van der Waals surface area contributed by atoms with E-state index in [1.54, 1.807) is 0 Å². The predicted molar refractivity (Wildman–Crippen MR) is 250 cm³/mol. The number of hydrogen-bond acceptors (Lipinski definition) is 1. The number of aromatic nitrogens is 4. The van der Waals surface area contributed by atoms with Gasteiger partial charge in [-0.25, -0.2) is 4.39 Å². The minimum atomic E-state index is -0.454. The van der Waals surface area contributed by atoms with E-state index in [1.165, 1.54) is 0 Å². The van der Waals surface area contributed by atoms with Gasteiger partial charge in [0.25, 0.3) is 0 Å². The lowest BCUT2D eigenvalue weighted by atomic mass is 9.80. The summed E-state index contributed by atoms with van der Waals surface area (Å²) in [5, 5.41) is 20.2. The molecule has 0 amide bonds. The molecule has 4 N–H and O–H groups in total. The lowest BCUT2D eigenvalue weighted by molar-refractivity contribution is 0.635. The number of halogens is 1. The van der Waals surface area contributed by atoms with Gasteiger partial charge < -0.3 is 19.9 Å². The van der Waals surface area contributed by atoms with Crippen molar-refractivity contribution in [2.24, 2.45) is 0 Å². The molecule has 0 saturated carbocycles. The molecule has 4 heterocycles. The third kappa shape index (κ3) is 4.86. The number of fused-ring (bicyclic) bond motifs is 12. The number of H-pyrrole nitrogens is 4. The number of hydrogen-bond donors (Lipinski definition) is 4. The zero-order valence-corrected chi connectivity index (χ0v) is 32.5. The Morgan fingerprint density at radius 2 is 0.607 bits per heavy atom. The zero-order valence-electron chi connectivity index (χ0n) is 32.5. The highest BCUT2D eigenvalue weighted by atomic mass is 19.1. The van der Waals surface area contributed by atoms with Crippen molar-refractivity contribution in [3.63, 3.8) is 0 Å². The fraction of sp³-hybridized carbons (Fsp3) is 0. The Balaban J connectivity index is 1.18. The quantitative estimate of drug-likeness (QED) is 0.141. The van der Waals surface area contributed by atoms with Crippen LogP contribution in [0.4, 0.5) is 4.39 Å². The van der Waals surface area contributed by atoms with Crippen LogP contribution in [0.15, 0.2) is 170 Å². The molecule has 4 aromatic heterocycles. The van der Waals surface area contributed by atoms with E-state index < -0.39 is 5.82 Å². The van der Waals surface area contributed by atoms with E-state index in [0.717, 1.165) is 98.4 Å². The van der Waals surface area contributed by atoms with Gasteiger partial charge in [-0.2, -0.15) is 5.26 Å². The van der Waals surface area contributed by atoms with Crippen LogP contribution in [0.3, 0.4) is 0 Å². The molecule has 0 radical (unpaired) electrons. The fourth-order valence-corrected chi connectivity index (χ4v) is 9.99. The summed E-state index contributed by atoms with van der Waals surface area (Å²) in [7, 11) is 0. The largest absolute Gasteiger partial charge is 0.354 e. The molecule has 0 aliphatic carbocycles. The molecule has 0 fully saturated rings. The molecule has 0 saturated heterocycles. The highest BCUT2D eigenvalue weighted by molar-refractivity contribution is 6.14. The molecular weight excluding hydrogens is 750 g/mol. The Morgan fingerprint density at radius 3 is 0.967 bits per heavy atom. The zero-order chi connectivity index (χ0) is 40.3. The molecule has 0 bridgehead atoms. The molecule has 0 aliphatic heterocycles. The van der Waals surface area contributed by atoms with Gasteiger partial charge in [-0.3, -0.25) is 0 Å². The monoisotopic (exact) mass is 781 g/mol. The van der Waals surface area contributed by atoms with Crippen LogP contribution < -0.4 is 0 Å². The van der Waals surface area contributed by atoms with Crippen LogP contribution in [-0.4, -0.2) is 19.9 Å². The van der Waals surface area contributed by atoms with E-state index in [-0.39, 0.29) is 11.1 Å². The maximum absolute atomic E-state index is 18.6. The molecule has 6 heteroatoms. The summed E-state index contributed by atoms with van der Waals surface area (Å²) in [6.07, 6.45) is 0. The van der Waals surface area contributed by atoms with E-state index in [0.29, 0.717) is 27.8 Å². The lowest BCUT2D eigenvalue weighted by Crippen LogP contribution is -2.03. The van der Waals surface area contributed by atoms with Gasteiger partial charge in [0.2, 0.25) is 0 Å². The second-order valence-electron chi connectivity index (χ2n) is 16.0. The SMILES string of the molecule is N#Cc1c(-c2ccc3c(c2)[nH]c2ccccc23)c(F)c(-c2ccc3c(c2)[nH]c2ccccc23)c(-c2ccc3c(c2)[nH]c2ccccc23)c1-c1ccc2c(c1)[nH]c1ccccc12. The summed E-state index contributed by atoms with van der Waals surface area (Å²) in [4.78, 5) is 14.4. The van der Waals surface area contributed by atoms with Gasteiger partial charge in [-0.15, -0.1) is 0 Å². The molecule has 9 aromatic carbocycles. The Bertz CT molecular complexity index is 4040. The normalized spacial score (nSPS) is 12.0. The number of nitrogens with zero attached hydrogens (tertiary/aromatic N) is 1. The third-order valence-corrected chi connectivity index (χ3v) is 12.7. The van der Waals surface area contributed by atoms with Gasteiger partial charge >= 0.3 is 0 Å². The molecular formula is C55H32FN5. The fourth-order valence-electron chi connectivity index (χ4n) is 9.99. The average molecular weight is 782 g/mol. The first-order valence-electron chi connectivity index (χ1n) is 20.4. The summed E-state index contributed by atoms with van der Waals surface area (Å²) >= 11 is 0. The molecule has 0 atom stereocenters. The van der Waals surface area contributed by atoms with Crippen molar-refractivity contribution in [3.05, 3.63) is 181 Å². The molecule has 13 rings (SSSR count). The van der Waals surface area contributed by atoms with Gasteiger partial charge in [0.05, 0.1) is 5.56 Å². The topological polar surface area (TPSA) is 86.9 Å². The number of aromatic amines is 4. The van der Waals surface area contributed by atoms with Crippen molar-refractivity contribution in [2.75, 3.05) is 0 Å². The summed E-state index contributed by atoms with van der Waals surface area (Å²) in [6, 6.07) is 60.2. The number of nitrogens with one attached hydrogen (secondary N) is 4. The Labute approximate surface area is 347 Å². The van der Waals surface area contributed by atoms with Gasteiger partial charge in [0.1, 0.15) is 11.9 Å². The van der Waals surface area contributed by atoms with Gasteiger partial charge in [0, 0.05) is 109 Å². The van der Waals surface area contributed by atoms with Crippen LogP contribution in [-0.2, 0) is 0 Å². The van der Waals surface area contributed by atoms with E-state index in [9.17, 15) is 5.26 Å². The van der Waals surface area contributed by atoms with Crippen molar-refractivity contribution in [1.29, 1.82) is 5.26 Å². The molecule has 0 spiro atoms. The molecule has 0 aliphatic rings. The Kier molecular flexibility index (Phi) is 6.90. The second-order valence-corrected chi connectivity index (χ2v) is 16.0. The predicted octanol–water partition coefficient (Wildman–Crippen LogP) is 14.9. The van der Waals surface area contributed by atoms with Crippen LogP contribution in [0.25, 0.3) is 132 Å². The number of rotatable bonds is 4. The highest BCUT2D eigenvalue weighted by Crippen LogP contribution is 2.50. The van der Waals surface area contributed by atoms with E-state index in [1.807, 2.05) is 78.9 Å². The lowest BCUT2D eigenvalue weighted by Gasteiger charge is -2.23. The van der Waals surface area contributed by atoms with Crippen molar-refractivity contribution in [2.45, 2.75) is 0 Å². The molecule has 13 aromatic rings. The first-order valence-corrected chi connectivity index (χ1v) is 20.4. The van der Waals surface area contributed by atoms with Gasteiger partial charge in [-0.05, 0) is 70.8 Å². The third-order valence-electron chi connectivity index (χ3n) is 12.7. The van der Waals surface area contributed by atoms with Gasteiger partial charge in [-0.1, -0.05) is 121 Å². The molecule has 61 heavy (non-hydrogen) atoms. The van der Waals surface area contributed by atoms with Crippen molar-refractivity contribution >= 4 is 87.2 Å². The standard InChI is InChI=1S/C55H32FN5/c56-55-52(31-18-22-39-35-10-2-6-14-44(35)59-48(39)26-31)42(29-57)51(30-17-21-38-34-9-1-5-13-43(34)58-47(38)25-30)53(32-19-23-40-36-11-3-7-15-45(36)60-49(40)27-32)54(55)33-20-24-41-37-12-4-8-16-46(37)61-50(41)28-33/h1-28,58-61H. The number of benzene rings is 9. The first-order chi connectivity index (χ1) is 30.1. The summed E-state index contributed by atoms with van der Waals surface area (Å²) < 4.78 is 18.6. The van der Waals surface area contributed by atoms with E-state index >= 15 is 4.39 Å². The Morgan fingerprint density at radius 1 is 0.311 bits per heavy atom. The molecule has 0 unspecified atom stereocenters. The average Bonchev–Trinajstić information content (AvgIpc) is 4.07. The maximum Gasteiger partial charge on any atom is 0.140 e. The molecule has 284 valence electrons. The van der Waals surface area contributed by atoms with Crippen LogP contribution in [0.2, 0.25) is 0 Å². The minimum Gasteiger partial charge on any atom is -0.354 e. The smallest absolute Gasteiger partial charge is 0.140 e. The van der Waals surface area contributed by atoms with Crippen LogP contribution in [0, 0.1) is 17.1 Å². The minimum absolute atomic E-state index is 0.261. The van der Waals surface area contributed by atoms with Crippen molar-refractivity contribution < 1.29 is 4.39 Å². The number of para-hydroxylation sites is 4. The van der Waals surface area contributed by atoms with E-state index in [4.69, 9.17) is 0 Å². The summed E-state index contributed by atoms with van der Waals surface area (Å²) in [5.41, 5.74) is 12.9. The van der Waals surface area contributed by atoms with Crippen LogP contribution in [0.5, 0.6) is 0 Å². The van der Waals surface area contributed by atoms with Crippen molar-refractivity contribution in [1.82, 2.24) is 19.9 Å². The highest BCUT2D eigenvalue weighted by Gasteiger charge is 2.29.